The van der Waals surface area contributed by atoms with Gasteiger partial charge in [0.15, 0.2) is 5.76 Å². The number of aryl methyl sites for hydroxylation is 1. The fourth-order valence-corrected chi connectivity index (χ4v) is 4.76. The first-order valence-electron chi connectivity index (χ1n) is 11.6. The predicted molar refractivity (Wildman–Crippen MR) is 153 cm³/mol. The predicted octanol–water partition coefficient (Wildman–Crippen LogP) is 8.46. The number of hydrogen-bond acceptors (Lipinski definition) is 4. The fourth-order valence-electron chi connectivity index (χ4n) is 4.03. The van der Waals surface area contributed by atoms with Crippen molar-refractivity contribution >= 4 is 62.0 Å². The number of carbonyl (C=O) groups is 1. The monoisotopic (exact) mass is 572 g/mol. The minimum absolute atomic E-state index is 0.109. The van der Waals surface area contributed by atoms with Crippen molar-refractivity contribution < 1.29 is 14.3 Å². The Hall–Kier alpha value is -3.87. The van der Waals surface area contributed by atoms with Gasteiger partial charge >= 0.3 is 0 Å². The molecule has 0 saturated carbocycles. The van der Waals surface area contributed by atoms with E-state index in [4.69, 9.17) is 16.0 Å². The zero-order valence-corrected chi connectivity index (χ0v) is 22.2. The van der Waals surface area contributed by atoms with E-state index in [2.05, 4.69) is 26.2 Å². The lowest BCUT2D eigenvalue weighted by atomic mass is 10.0. The first-order chi connectivity index (χ1) is 17.9. The van der Waals surface area contributed by atoms with E-state index in [1.54, 1.807) is 24.4 Å². The number of fused-ring (bicyclic) bond motifs is 1. The van der Waals surface area contributed by atoms with Gasteiger partial charge in [0, 0.05) is 27.9 Å². The molecule has 0 atom stereocenters. The van der Waals surface area contributed by atoms with Crippen LogP contribution in [0.3, 0.4) is 0 Å². The number of benzene rings is 4. The summed E-state index contributed by atoms with van der Waals surface area (Å²) in [5.74, 6) is 0.0409. The summed E-state index contributed by atoms with van der Waals surface area (Å²) in [5.41, 5.74) is 5.43. The number of phenolic OH excluding ortho intramolecular Hbond substituents is 1. The minimum atomic E-state index is -0.319. The molecule has 5 aromatic rings. The maximum atomic E-state index is 12.7. The van der Waals surface area contributed by atoms with E-state index in [1.807, 2.05) is 73.7 Å². The Bertz CT molecular complexity index is 1630. The van der Waals surface area contributed by atoms with Gasteiger partial charge in [-0.1, -0.05) is 48.0 Å². The minimum Gasteiger partial charge on any atom is -0.506 e. The van der Waals surface area contributed by atoms with Gasteiger partial charge in [-0.2, -0.15) is 0 Å². The van der Waals surface area contributed by atoms with Gasteiger partial charge in [-0.05, 0) is 94.5 Å². The lowest BCUT2D eigenvalue weighted by molar-refractivity contribution is 0.0998. The van der Waals surface area contributed by atoms with Crippen LogP contribution in [0.2, 0.25) is 5.02 Å². The largest absolute Gasteiger partial charge is 0.506 e. The summed E-state index contributed by atoms with van der Waals surface area (Å²) >= 11 is 9.76. The van der Waals surface area contributed by atoms with Crippen molar-refractivity contribution in [1.29, 1.82) is 0 Å². The Labute approximate surface area is 227 Å². The lowest BCUT2D eigenvalue weighted by Crippen LogP contribution is -2.11. The molecule has 4 aromatic carbocycles. The van der Waals surface area contributed by atoms with E-state index < -0.39 is 0 Å². The highest BCUT2D eigenvalue weighted by Crippen LogP contribution is 2.31. The van der Waals surface area contributed by atoms with E-state index in [0.29, 0.717) is 38.4 Å². The standard InChI is InChI=1S/C30H22BrClN2O3/c1-18-12-23(10-11-26(18)34-30(36)28-16-21-7-3-5-9-27(21)37-28)33-17-22-14-19(15-24(31)29(22)35)13-20-6-2-4-8-25(20)32/h2-12,14-17,35H,13H2,1H3,(H,34,36). The van der Waals surface area contributed by atoms with Gasteiger partial charge in [-0.3, -0.25) is 9.79 Å². The molecular formula is C30H22BrClN2O3. The average Bonchev–Trinajstić information content (AvgIpc) is 3.33. The molecule has 0 unspecified atom stereocenters. The Morgan fingerprint density at radius 2 is 1.84 bits per heavy atom. The molecule has 5 nitrogen and oxygen atoms in total. The van der Waals surface area contributed by atoms with Crippen LogP contribution in [0.4, 0.5) is 11.4 Å². The summed E-state index contributed by atoms with van der Waals surface area (Å²) in [5, 5.41) is 15.0. The highest BCUT2D eigenvalue weighted by Gasteiger charge is 2.14. The van der Waals surface area contributed by atoms with Crippen LogP contribution in [0.15, 0.2) is 98.8 Å². The molecule has 0 radical (unpaired) electrons. The van der Waals surface area contributed by atoms with Gasteiger partial charge in [0.1, 0.15) is 11.3 Å². The lowest BCUT2D eigenvalue weighted by Gasteiger charge is -2.09. The molecule has 184 valence electrons. The third kappa shape index (κ3) is 5.61. The Kier molecular flexibility index (Phi) is 7.12. The number of phenols is 1. The Morgan fingerprint density at radius 1 is 1.05 bits per heavy atom. The smallest absolute Gasteiger partial charge is 0.291 e. The summed E-state index contributed by atoms with van der Waals surface area (Å²) in [7, 11) is 0. The number of halogens is 2. The molecule has 7 heteroatoms. The van der Waals surface area contributed by atoms with Crippen LogP contribution in [0.1, 0.15) is 32.8 Å². The second kappa shape index (κ2) is 10.6. The Morgan fingerprint density at radius 3 is 2.62 bits per heavy atom. The van der Waals surface area contributed by atoms with Gasteiger partial charge in [0.25, 0.3) is 5.91 Å². The van der Waals surface area contributed by atoms with Gasteiger partial charge in [-0.25, -0.2) is 0 Å². The van der Waals surface area contributed by atoms with E-state index in [0.717, 1.165) is 22.1 Å². The number of anilines is 1. The summed E-state index contributed by atoms with van der Waals surface area (Å²) in [4.78, 5) is 17.3. The number of hydrogen-bond donors (Lipinski definition) is 2. The number of carbonyl (C=O) groups excluding carboxylic acids is 1. The fraction of sp³-hybridized carbons (Fsp3) is 0.0667. The molecule has 2 N–H and O–H groups in total. The van der Waals surface area contributed by atoms with Crippen molar-refractivity contribution in [2.75, 3.05) is 5.32 Å². The number of aromatic hydroxyl groups is 1. The summed E-state index contributed by atoms with van der Waals surface area (Å²) in [6, 6.07) is 26.1. The molecule has 0 fully saturated rings. The van der Waals surface area contributed by atoms with Crippen LogP contribution in [0.5, 0.6) is 5.75 Å². The van der Waals surface area contributed by atoms with Crippen LogP contribution in [-0.2, 0) is 6.42 Å². The average molecular weight is 574 g/mol. The maximum absolute atomic E-state index is 12.7. The number of amides is 1. The normalized spacial score (nSPS) is 11.3. The van der Waals surface area contributed by atoms with E-state index >= 15 is 0 Å². The van der Waals surface area contributed by atoms with Gasteiger partial charge < -0.3 is 14.8 Å². The van der Waals surface area contributed by atoms with Crippen molar-refractivity contribution in [3.63, 3.8) is 0 Å². The maximum Gasteiger partial charge on any atom is 0.291 e. The molecule has 1 amide bonds. The first-order valence-corrected chi connectivity index (χ1v) is 12.7. The van der Waals surface area contributed by atoms with Gasteiger partial charge in [0.05, 0.1) is 10.2 Å². The molecule has 0 saturated heterocycles. The molecule has 0 aliphatic carbocycles. The van der Waals surface area contributed by atoms with Crippen LogP contribution >= 0.6 is 27.5 Å². The number of furan rings is 1. The van der Waals surface area contributed by atoms with Crippen molar-refractivity contribution in [2.24, 2.45) is 4.99 Å². The van der Waals surface area contributed by atoms with Gasteiger partial charge in [0.2, 0.25) is 0 Å². The Balaban J connectivity index is 1.33. The summed E-state index contributed by atoms with van der Waals surface area (Å²) in [6.07, 6.45) is 2.25. The van der Waals surface area contributed by atoms with Crippen LogP contribution in [0, 0.1) is 6.92 Å². The molecule has 1 aromatic heterocycles. The van der Waals surface area contributed by atoms with E-state index in [1.165, 1.54) is 0 Å². The summed E-state index contributed by atoms with van der Waals surface area (Å²) in [6.45, 7) is 1.89. The van der Waals surface area contributed by atoms with E-state index in [9.17, 15) is 9.90 Å². The van der Waals surface area contributed by atoms with Gasteiger partial charge in [-0.15, -0.1) is 0 Å². The molecule has 0 bridgehead atoms. The molecule has 0 aliphatic rings. The van der Waals surface area contributed by atoms with E-state index in [-0.39, 0.29) is 17.4 Å². The number of nitrogens with one attached hydrogen (secondary N) is 1. The van der Waals surface area contributed by atoms with Crippen LogP contribution < -0.4 is 5.32 Å². The SMILES string of the molecule is Cc1cc(N=Cc2cc(Cc3ccccc3Cl)cc(Br)c2O)ccc1NC(=O)c1cc2ccccc2o1. The van der Waals surface area contributed by atoms with Crippen molar-refractivity contribution in [3.05, 3.63) is 122 Å². The number of para-hydroxylation sites is 1. The van der Waals surface area contributed by atoms with Crippen LogP contribution in [0.25, 0.3) is 11.0 Å². The highest BCUT2D eigenvalue weighted by atomic mass is 79.9. The molecular weight excluding hydrogens is 552 g/mol. The zero-order valence-electron chi connectivity index (χ0n) is 19.8. The molecule has 0 aliphatic heterocycles. The summed E-state index contributed by atoms with van der Waals surface area (Å²) < 4.78 is 6.24. The van der Waals surface area contributed by atoms with Crippen LogP contribution in [-0.4, -0.2) is 17.2 Å². The molecule has 37 heavy (non-hydrogen) atoms. The molecule has 1 heterocycles. The van der Waals surface area contributed by atoms with Crippen molar-refractivity contribution in [3.8, 4) is 5.75 Å². The number of aliphatic imine (C=N–C) groups is 1. The third-order valence-electron chi connectivity index (χ3n) is 5.97. The highest BCUT2D eigenvalue weighted by molar-refractivity contribution is 9.10. The third-order valence-corrected chi connectivity index (χ3v) is 6.94. The first kappa shape index (κ1) is 24.8. The van der Waals surface area contributed by atoms with Crippen molar-refractivity contribution in [2.45, 2.75) is 13.3 Å². The molecule has 0 spiro atoms. The second-order valence-corrected chi connectivity index (χ2v) is 9.91. The van der Waals surface area contributed by atoms with Crippen molar-refractivity contribution in [1.82, 2.24) is 0 Å². The second-order valence-electron chi connectivity index (χ2n) is 8.64. The quantitative estimate of drug-likeness (QED) is 0.200. The topological polar surface area (TPSA) is 74.8 Å². The number of rotatable bonds is 6. The molecule has 5 rings (SSSR count). The zero-order chi connectivity index (χ0) is 25.9. The number of nitrogens with zero attached hydrogens (tertiary/aromatic N) is 1.